The molecule has 0 radical (unpaired) electrons. The van der Waals surface area contributed by atoms with Crippen LogP contribution in [0.15, 0.2) is 52.0 Å². The van der Waals surface area contributed by atoms with E-state index in [4.69, 9.17) is 4.42 Å². The molecule has 1 aromatic carbocycles. The summed E-state index contributed by atoms with van der Waals surface area (Å²) in [5, 5.41) is 3.84. The number of hydrogen-bond donors (Lipinski definition) is 1. The Balaban J connectivity index is 1.51. The van der Waals surface area contributed by atoms with E-state index in [0.29, 0.717) is 18.7 Å². The number of nitrogens with zero attached hydrogens (tertiary/aromatic N) is 2. The Morgan fingerprint density at radius 3 is 2.83 bits per heavy atom. The van der Waals surface area contributed by atoms with Gasteiger partial charge < -0.3 is 9.32 Å². The van der Waals surface area contributed by atoms with Crippen molar-refractivity contribution in [3.8, 4) is 0 Å². The molecule has 1 aromatic heterocycles. The van der Waals surface area contributed by atoms with Crippen molar-refractivity contribution in [2.24, 2.45) is 5.10 Å². The molecule has 0 unspecified atom stereocenters. The number of carbonyl (C=O) groups is 2. The van der Waals surface area contributed by atoms with Crippen LogP contribution in [0.25, 0.3) is 0 Å². The topological polar surface area (TPSA) is 74.9 Å². The molecule has 2 amide bonds. The second-order valence-corrected chi connectivity index (χ2v) is 5.83. The quantitative estimate of drug-likeness (QED) is 0.675. The lowest BCUT2D eigenvalue weighted by atomic mass is 9.99. The highest BCUT2D eigenvalue weighted by atomic mass is 16.3. The van der Waals surface area contributed by atoms with Crippen molar-refractivity contribution in [2.45, 2.75) is 19.3 Å². The molecule has 1 aliphatic heterocycles. The Hall–Kier alpha value is -2.89. The zero-order valence-electron chi connectivity index (χ0n) is 13.4. The van der Waals surface area contributed by atoms with Crippen LogP contribution in [0.5, 0.6) is 0 Å². The van der Waals surface area contributed by atoms with Gasteiger partial charge in [-0.1, -0.05) is 30.3 Å². The Morgan fingerprint density at radius 1 is 1.33 bits per heavy atom. The van der Waals surface area contributed by atoms with Crippen LogP contribution in [0.2, 0.25) is 0 Å². The van der Waals surface area contributed by atoms with Crippen molar-refractivity contribution in [1.29, 1.82) is 0 Å². The Kier molecular flexibility index (Phi) is 4.74. The summed E-state index contributed by atoms with van der Waals surface area (Å²) in [6.07, 6.45) is 1.87. The summed E-state index contributed by atoms with van der Waals surface area (Å²) in [5.74, 6) is 1.15. The fraction of sp³-hybridized carbons (Fsp3) is 0.278. The molecule has 1 aliphatic rings. The number of rotatable bonds is 5. The van der Waals surface area contributed by atoms with E-state index in [0.717, 1.165) is 11.3 Å². The Bertz CT molecular complexity index is 752. The van der Waals surface area contributed by atoms with Crippen LogP contribution < -0.4 is 5.43 Å². The van der Waals surface area contributed by atoms with Crippen molar-refractivity contribution in [1.82, 2.24) is 10.3 Å². The summed E-state index contributed by atoms with van der Waals surface area (Å²) in [7, 11) is 0. The van der Waals surface area contributed by atoms with E-state index in [1.807, 2.05) is 43.3 Å². The summed E-state index contributed by atoms with van der Waals surface area (Å²) in [6, 6.07) is 13.5. The lowest BCUT2D eigenvalue weighted by Gasteiger charge is -2.15. The minimum absolute atomic E-state index is 0.00959. The number of aryl methyl sites for hydroxylation is 1. The monoisotopic (exact) mass is 325 g/mol. The summed E-state index contributed by atoms with van der Waals surface area (Å²) in [4.78, 5) is 25.6. The number of hydrogen-bond acceptors (Lipinski definition) is 4. The van der Waals surface area contributed by atoms with E-state index in [2.05, 4.69) is 10.5 Å². The Morgan fingerprint density at radius 2 is 2.12 bits per heavy atom. The summed E-state index contributed by atoms with van der Waals surface area (Å²) >= 11 is 0. The molecule has 0 bridgehead atoms. The van der Waals surface area contributed by atoms with Crippen molar-refractivity contribution in [3.05, 3.63) is 59.5 Å². The van der Waals surface area contributed by atoms with Gasteiger partial charge in [-0.25, -0.2) is 5.43 Å². The maximum absolute atomic E-state index is 12.1. The van der Waals surface area contributed by atoms with Crippen molar-refractivity contribution in [3.63, 3.8) is 0 Å². The van der Waals surface area contributed by atoms with Gasteiger partial charge >= 0.3 is 0 Å². The molecule has 0 aliphatic carbocycles. The predicted molar refractivity (Wildman–Crippen MR) is 89.6 cm³/mol. The fourth-order valence-electron chi connectivity index (χ4n) is 2.77. The zero-order valence-corrected chi connectivity index (χ0v) is 13.4. The molecule has 124 valence electrons. The van der Waals surface area contributed by atoms with Crippen LogP contribution in [0.4, 0.5) is 0 Å². The molecule has 6 nitrogen and oxygen atoms in total. The molecule has 1 atom stereocenters. The zero-order chi connectivity index (χ0) is 16.9. The average molecular weight is 325 g/mol. The summed E-state index contributed by atoms with van der Waals surface area (Å²) in [5.41, 5.74) is 3.54. The second kappa shape index (κ2) is 7.12. The number of hydrazone groups is 1. The van der Waals surface area contributed by atoms with Gasteiger partial charge in [0.2, 0.25) is 5.91 Å². The maximum Gasteiger partial charge on any atom is 0.259 e. The number of benzene rings is 1. The minimum atomic E-state index is -0.323. The summed E-state index contributed by atoms with van der Waals surface area (Å²) < 4.78 is 5.31. The van der Waals surface area contributed by atoms with Crippen molar-refractivity contribution in [2.75, 3.05) is 13.1 Å². The van der Waals surface area contributed by atoms with E-state index in [-0.39, 0.29) is 24.3 Å². The number of likely N-dealkylation sites (tertiary alicyclic amines) is 1. The number of carbonyl (C=O) groups excluding carboxylic acids is 2. The van der Waals surface area contributed by atoms with Gasteiger partial charge in [0.25, 0.3) is 5.91 Å². The molecule has 2 heterocycles. The van der Waals surface area contributed by atoms with Crippen molar-refractivity contribution < 1.29 is 14.0 Å². The lowest BCUT2D eigenvalue weighted by molar-refractivity contribution is -0.133. The predicted octanol–water partition coefficient (Wildman–Crippen LogP) is 2.05. The highest BCUT2D eigenvalue weighted by Crippen LogP contribution is 2.27. The van der Waals surface area contributed by atoms with E-state index in [1.54, 1.807) is 11.0 Å². The highest BCUT2D eigenvalue weighted by Gasteiger charge is 2.31. The van der Waals surface area contributed by atoms with Crippen LogP contribution in [-0.4, -0.2) is 36.0 Å². The van der Waals surface area contributed by atoms with Crippen LogP contribution in [-0.2, 0) is 9.59 Å². The smallest absolute Gasteiger partial charge is 0.259 e. The normalized spacial score (nSPS) is 17.6. The SMILES string of the molecule is Cc1ccc(/C=N\NC(=O)CN2C[C@@H](c3ccccc3)CC2=O)o1. The molecular weight excluding hydrogens is 306 g/mol. The van der Waals surface area contributed by atoms with Gasteiger partial charge in [-0.2, -0.15) is 5.10 Å². The van der Waals surface area contributed by atoms with E-state index in [9.17, 15) is 9.59 Å². The fourth-order valence-corrected chi connectivity index (χ4v) is 2.77. The van der Waals surface area contributed by atoms with E-state index >= 15 is 0 Å². The Labute approximate surface area is 140 Å². The van der Waals surface area contributed by atoms with Gasteiger partial charge in [0.15, 0.2) is 0 Å². The first-order chi connectivity index (χ1) is 11.6. The van der Waals surface area contributed by atoms with Gasteiger partial charge in [-0.15, -0.1) is 0 Å². The summed E-state index contributed by atoms with van der Waals surface area (Å²) in [6.45, 7) is 2.39. The third-order valence-corrected chi connectivity index (χ3v) is 3.96. The molecule has 3 rings (SSSR count). The molecule has 24 heavy (non-hydrogen) atoms. The first kappa shape index (κ1) is 16.0. The average Bonchev–Trinajstić information content (AvgIpc) is 3.15. The van der Waals surface area contributed by atoms with Gasteiger partial charge in [0.05, 0.1) is 6.21 Å². The second-order valence-electron chi connectivity index (χ2n) is 5.83. The van der Waals surface area contributed by atoms with Crippen LogP contribution in [0, 0.1) is 6.92 Å². The standard InChI is InChI=1S/C18H19N3O3/c1-13-7-8-16(24-13)10-19-20-17(22)12-21-11-15(9-18(21)23)14-5-3-2-4-6-14/h2-8,10,15H,9,11-12H2,1H3,(H,20,22)/b19-10-/t15-/m0/s1. The van der Waals surface area contributed by atoms with Crippen LogP contribution in [0.3, 0.4) is 0 Å². The molecule has 1 N–H and O–H groups in total. The molecule has 0 spiro atoms. The first-order valence-corrected chi connectivity index (χ1v) is 7.83. The molecule has 1 saturated heterocycles. The molecule has 1 fully saturated rings. The van der Waals surface area contributed by atoms with Gasteiger partial charge in [0, 0.05) is 18.9 Å². The molecule has 2 aromatic rings. The third-order valence-electron chi connectivity index (χ3n) is 3.96. The lowest BCUT2D eigenvalue weighted by Crippen LogP contribution is -2.36. The molecule has 6 heteroatoms. The first-order valence-electron chi connectivity index (χ1n) is 7.83. The largest absolute Gasteiger partial charge is 0.460 e. The number of nitrogens with one attached hydrogen (secondary N) is 1. The van der Waals surface area contributed by atoms with Gasteiger partial charge in [0.1, 0.15) is 18.1 Å². The molecular formula is C18H19N3O3. The van der Waals surface area contributed by atoms with Gasteiger partial charge in [-0.05, 0) is 24.6 Å². The van der Waals surface area contributed by atoms with E-state index < -0.39 is 0 Å². The van der Waals surface area contributed by atoms with Gasteiger partial charge in [-0.3, -0.25) is 9.59 Å². The van der Waals surface area contributed by atoms with Crippen molar-refractivity contribution >= 4 is 18.0 Å². The maximum atomic E-state index is 12.1. The van der Waals surface area contributed by atoms with Crippen LogP contribution >= 0.6 is 0 Å². The minimum Gasteiger partial charge on any atom is -0.460 e. The third kappa shape index (κ3) is 3.90. The highest BCUT2D eigenvalue weighted by molar-refractivity contribution is 5.87. The van der Waals surface area contributed by atoms with Crippen LogP contribution in [0.1, 0.15) is 29.4 Å². The van der Waals surface area contributed by atoms with E-state index in [1.165, 1.54) is 6.21 Å². The number of amides is 2. The number of furan rings is 1. The molecule has 0 saturated carbocycles.